The highest BCUT2D eigenvalue weighted by Gasteiger charge is 2.46. The zero-order valence-electron chi connectivity index (χ0n) is 75.7. The van der Waals surface area contributed by atoms with Crippen molar-refractivity contribution in [3.63, 3.8) is 0 Å². The fourth-order valence-corrected chi connectivity index (χ4v) is 14.1. The Hall–Kier alpha value is -11.8. The maximum atomic E-state index is 15.8. The van der Waals surface area contributed by atoms with Crippen LogP contribution in [0.2, 0.25) is 0 Å². The Morgan fingerprint density at radius 1 is 0.555 bits per heavy atom. The van der Waals surface area contributed by atoms with E-state index in [0.717, 1.165) is 35.5 Å². The maximum absolute atomic E-state index is 15.8. The second-order valence-electron chi connectivity index (χ2n) is 34.8. The lowest BCUT2D eigenvalue weighted by molar-refractivity contribution is -0.172. The number of aliphatic hydroxyl groups is 1. The van der Waals surface area contributed by atoms with E-state index in [1.807, 2.05) is 6.92 Å². The number of halogens is 1. The highest BCUT2D eigenvalue weighted by molar-refractivity contribution is 6.13. The normalized spacial score (nSPS) is 15.2. The van der Waals surface area contributed by atoms with Gasteiger partial charge in [-0.05, 0) is 181 Å². The number of pyridine rings is 2. The minimum Gasteiger partial charge on any atom is -0.489 e. The molecule has 7 rings (SSSR count). The zero-order valence-corrected chi connectivity index (χ0v) is 75.7. The van der Waals surface area contributed by atoms with E-state index >= 15 is 4.39 Å². The predicted molar refractivity (Wildman–Crippen MR) is 465 cm³/mol. The zero-order chi connectivity index (χ0) is 94.4. The van der Waals surface area contributed by atoms with Crippen LogP contribution in [0.15, 0.2) is 59.4 Å². The Kier molecular flexibility index (Phi) is 39.0. The van der Waals surface area contributed by atoms with Crippen molar-refractivity contribution < 1.29 is 115 Å². The molecule has 4 aromatic rings. The number of hydrogen-bond donors (Lipinski definition) is 11. The molecule has 12 amide bonds. The third kappa shape index (κ3) is 31.9. The van der Waals surface area contributed by atoms with Gasteiger partial charge in [-0.1, -0.05) is 40.5 Å². The summed E-state index contributed by atoms with van der Waals surface area (Å²) in [5.41, 5.74) is -1.54. The van der Waals surface area contributed by atoms with Crippen molar-refractivity contribution in [3.8, 4) is 17.1 Å². The maximum Gasteiger partial charge on any atom is 0.343 e. The second kappa shape index (κ2) is 48.4. The molecule has 702 valence electrons. The van der Waals surface area contributed by atoms with Gasteiger partial charge in [0.15, 0.2) is 17.2 Å². The standard InChI is InChI=1S/C90H126FN13O24/c1-15-57-58-48-68(62(91)50-66(58)99-76-59(57)51-104-67(76)49-61-60(82(104)116)52-125-85(119)90(61,121)16-2)124-45-41-95-77(111)54(5)97-81(115)75(53(3)4)102-80(114)63(98-71(107)25-23-42-103-72(108)33-34-73(103)109)24-19-22-38-93-70(106)36-43-122-46-47-123-44-40-96-79(113)56-28-26-55(27-29-56)78(112)94-39-21-18-17-20-37-92-69(105)32-30-64(83(117)127-88(9,10)11)100-86(120)101-65(84(118)128-89(12,13)14)31-35-74(110)126-87(6,7)8/h26-29,33-34,48-50,53-54,63-65,75,121H,15-25,30-32,35-47,51-52H2,1-14H3,(H,92,105)(H,93,106)(H,94,112)(H,95,111)(H,96,113)(H,97,115)(H,98,107)(H,102,114)(H2,100,101,120)/t54-,63-,64-,65-,75-,90-/m0/s1. The largest absolute Gasteiger partial charge is 0.489 e. The Morgan fingerprint density at radius 3 is 1.69 bits per heavy atom. The first-order valence-electron chi connectivity index (χ1n) is 43.7. The first-order chi connectivity index (χ1) is 60.4. The number of amides is 12. The number of aromatic nitrogens is 2. The van der Waals surface area contributed by atoms with Crippen LogP contribution < -0.4 is 63.5 Å². The van der Waals surface area contributed by atoms with Crippen molar-refractivity contribution in [2.75, 3.05) is 72.3 Å². The number of esters is 4. The molecular formula is C90H126FN13O24. The van der Waals surface area contributed by atoms with E-state index < -0.39 is 135 Å². The van der Waals surface area contributed by atoms with Crippen LogP contribution in [-0.4, -0.2) is 228 Å². The summed E-state index contributed by atoms with van der Waals surface area (Å²) in [6.45, 7) is 24.4. The first kappa shape index (κ1) is 103. The van der Waals surface area contributed by atoms with Gasteiger partial charge in [0.25, 0.3) is 29.2 Å². The summed E-state index contributed by atoms with van der Waals surface area (Å²) in [6, 6.07) is 3.43. The lowest BCUT2D eigenvalue weighted by atomic mass is 9.86. The summed E-state index contributed by atoms with van der Waals surface area (Å²) in [4.78, 5) is 215. The van der Waals surface area contributed by atoms with Crippen LogP contribution in [0.1, 0.15) is 236 Å². The number of ether oxygens (including phenoxy) is 7. The van der Waals surface area contributed by atoms with Crippen LogP contribution in [-0.2, 0) is 111 Å². The summed E-state index contributed by atoms with van der Waals surface area (Å²) < 4.78 is 55.8. The van der Waals surface area contributed by atoms with Crippen LogP contribution in [0.25, 0.3) is 22.3 Å². The molecule has 0 spiro atoms. The number of nitrogens with zero attached hydrogens (tertiary/aromatic N) is 3. The van der Waals surface area contributed by atoms with Gasteiger partial charge in [-0.15, -0.1) is 0 Å². The molecule has 0 fully saturated rings. The molecule has 3 aliphatic heterocycles. The lowest BCUT2D eigenvalue weighted by Gasteiger charge is -2.31. The fourth-order valence-electron chi connectivity index (χ4n) is 14.1. The Labute approximate surface area is 743 Å². The molecule has 0 unspecified atom stereocenters. The number of unbranched alkanes of at least 4 members (excludes halogenated alkanes) is 4. The average molecular weight is 1790 g/mol. The molecule has 128 heavy (non-hydrogen) atoms. The van der Waals surface area contributed by atoms with Crippen LogP contribution in [0.5, 0.6) is 5.75 Å². The molecule has 6 atom stereocenters. The topological polar surface area (TPSA) is 499 Å². The number of benzene rings is 2. The van der Waals surface area contributed by atoms with Crippen molar-refractivity contribution in [2.24, 2.45) is 5.92 Å². The molecular weight excluding hydrogens is 1670 g/mol. The monoisotopic (exact) mass is 1790 g/mol. The number of imide groups is 1. The summed E-state index contributed by atoms with van der Waals surface area (Å²) in [5, 5.41) is 38.8. The molecule has 0 radical (unpaired) electrons. The van der Waals surface area contributed by atoms with E-state index in [9.17, 15) is 81.8 Å². The van der Waals surface area contributed by atoms with Gasteiger partial charge in [0.2, 0.25) is 35.4 Å². The minimum atomic E-state index is -2.03. The third-order valence-electron chi connectivity index (χ3n) is 20.7. The highest BCUT2D eigenvalue weighted by atomic mass is 19.1. The molecule has 2 aromatic carbocycles. The van der Waals surface area contributed by atoms with Gasteiger partial charge in [0.05, 0.1) is 62.0 Å². The van der Waals surface area contributed by atoms with Crippen LogP contribution in [0, 0.1) is 11.7 Å². The van der Waals surface area contributed by atoms with Crippen LogP contribution >= 0.6 is 0 Å². The van der Waals surface area contributed by atoms with Gasteiger partial charge in [-0.3, -0.25) is 62.4 Å². The lowest BCUT2D eigenvalue weighted by Crippen LogP contribution is -2.57. The molecule has 5 heterocycles. The molecule has 2 aromatic heterocycles. The quantitative estimate of drug-likeness (QED) is 0.0102. The molecule has 0 saturated carbocycles. The minimum absolute atomic E-state index is 0.0178. The summed E-state index contributed by atoms with van der Waals surface area (Å²) in [6.07, 6.45) is 5.49. The number of aryl methyl sites for hydroxylation is 1. The number of hydrogen-bond acceptors (Lipinski definition) is 25. The van der Waals surface area contributed by atoms with Crippen LogP contribution in [0.4, 0.5) is 9.18 Å². The Balaban J connectivity index is 0.747. The molecule has 38 heteroatoms. The Morgan fingerprint density at radius 2 is 1.11 bits per heavy atom. The summed E-state index contributed by atoms with van der Waals surface area (Å²) in [5.74, 6) is -9.51. The van der Waals surface area contributed by atoms with E-state index in [-0.39, 0.29) is 176 Å². The number of nitrogens with one attached hydrogen (secondary N) is 10. The van der Waals surface area contributed by atoms with Gasteiger partial charge in [-0.25, -0.2) is 28.6 Å². The average Bonchev–Trinajstić information content (AvgIpc) is 1.55. The first-order valence-corrected chi connectivity index (χ1v) is 43.7. The molecule has 0 bridgehead atoms. The highest BCUT2D eigenvalue weighted by Crippen LogP contribution is 2.41. The third-order valence-corrected chi connectivity index (χ3v) is 20.7. The van der Waals surface area contributed by atoms with Gasteiger partial charge in [0.1, 0.15) is 60.2 Å². The van der Waals surface area contributed by atoms with E-state index in [1.165, 1.54) is 47.9 Å². The Bertz CT molecular complexity index is 4740. The number of rotatable bonds is 50. The van der Waals surface area contributed by atoms with Crippen molar-refractivity contribution in [1.82, 2.24) is 67.6 Å². The van der Waals surface area contributed by atoms with Gasteiger partial charge in [-0.2, -0.15) is 0 Å². The van der Waals surface area contributed by atoms with E-state index in [2.05, 4.69) is 53.2 Å². The number of carbonyl (C=O) groups excluding carboxylic acids is 15. The van der Waals surface area contributed by atoms with Gasteiger partial charge < -0.3 is 96.0 Å². The SMILES string of the molecule is CCc1c2c(nc3cc(F)c(OCCNC(=O)[C@H](C)NC(=O)[C@@H](NC(=O)[C@H](CCCCNC(=O)CCOCCOCCNC(=O)c4ccc(C(=O)NCCCCCCNC(=O)CC[C@H](NC(=O)N[C@@H](CCC(=O)OC(C)(C)C)C(=O)OC(C)(C)C)C(=O)OC(C)(C)C)cc4)NC(=O)CCCN4C(=O)C=CC4=O)C(C)C)cc13)-c1cc3c(c(=O)n1C2)COC(=O)[C@]3(O)CC. The number of urea groups is 1. The molecule has 11 N–H and O–H groups in total. The summed E-state index contributed by atoms with van der Waals surface area (Å²) >= 11 is 0. The van der Waals surface area contributed by atoms with Crippen molar-refractivity contribution >= 4 is 99.9 Å². The summed E-state index contributed by atoms with van der Waals surface area (Å²) in [7, 11) is 0. The smallest absolute Gasteiger partial charge is 0.343 e. The van der Waals surface area contributed by atoms with Crippen molar-refractivity contribution in [2.45, 2.75) is 265 Å². The number of cyclic esters (lactones) is 1. The number of fused-ring (bicyclic) bond motifs is 5. The van der Waals surface area contributed by atoms with Crippen LogP contribution in [0.3, 0.4) is 0 Å². The van der Waals surface area contributed by atoms with Gasteiger partial charge >= 0.3 is 29.9 Å². The molecule has 3 aliphatic rings. The fraction of sp³-hybridized carbons (Fsp3) is 0.589. The molecule has 37 nitrogen and oxygen atoms in total. The number of carbonyl (C=O) groups is 15. The van der Waals surface area contributed by atoms with Crippen molar-refractivity contribution in [1.29, 1.82) is 0 Å². The van der Waals surface area contributed by atoms with Gasteiger partial charge in [0, 0.05) is 104 Å². The molecule has 0 saturated heterocycles. The van der Waals surface area contributed by atoms with Crippen molar-refractivity contribution in [3.05, 3.63) is 104 Å². The molecule has 0 aliphatic carbocycles. The van der Waals surface area contributed by atoms with E-state index in [0.29, 0.717) is 78.7 Å². The predicted octanol–water partition coefficient (Wildman–Crippen LogP) is 5.28. The van der Waals surface area contributed by atoms with E-state index in [4.69, 9.17) is 38.1 Å². The van der Waals surface area contributed by atoms with E-state index in [1.54, 1.807) is 89.2 Å². The second-order valence-corrected chi connectivity index (χ2v) is 34.8.